The van der Waals surface area contributed by atoms with E-state index < -0.39 is 0 Å². The van der Waals surface area contributed by atoms with Crippen molar-refractivity contribution in [2.24, 2.45) is 5.92 Å². The molecule has 2 aliphatic heterocycles. The van der Waals surface area contributed by atoms with Crippen molar-refractivity contribution in [1.29, 1.82) is 0 Å². The summed E-state index contributed by atoms with van der Waals surface area (Å²) in [7, 11) is 0. The molecule has 3 heterocycles. The third kappa shape index (κ3) is 2.53. The molecule has 2 atom stereocenters. The van der Waals surface area contributed by atoms with Crippen LogP contribution >= 0.6 is 22.9 Å². The van der Waals surface area contributed by atoms with Gasteiger partial charge in [-0.25, -0.2) is 4.98 Å². The summed E-state index contributed by atoms with van der Waals surface area (Å²) in [4.78, 5) is 20.9. The van der Waals surface area contributed by atoms with Gasteiger partial charge in [-0.05, 0) is 17.7 Å². The fraction of sp³-hybridized carbons (Fsp3) is 0.375. The average Bonchev–Trinajstić information content (AvgIpc) is 3.12. The topological polar surface area (TPSA) is 36.4 Å². The number of amides is 1. The minimum atomic E-state index is 0.0679. The molecule has 2 fully saturated rings. The van der Waals surface area contributed by atoms with Crippen LogP contribution in [0.15, 0.2) is 35.2 Å². The van der Waals surface area contributed by atoms with E-state index in [4.69, 9.17) is 11.6 Å². The second-order valence-electron chi connectivity index (χ2n) is 5.97. The minimum absolute atomic E-state index is 0.0679. The van der Waals surface area contributed by atoms with Crippen LogP contribution in [-0.4, -0.2) is 46.4 Å². The number of halogens is 1. The van der Waals surface area contributed by atoms with Crippen LogP contribution in [0.25, 0.3) is 0 Å². The van der Waals surface area contributed by atoms with Gasteiger partial charge in [0.05, 0.1) is 5.51 Å². The molecule has 2 aliphatic rings. The predicted octanol–water partition coefficient (Wildman–Crippen LogP) is 2.75. The second-order valence-corrected chi connectivity index (χ2v) is 7.13. The molecular weight excluding hydrogens is 318 g/mol. The Balaban J connectivity index is 1.40. The molecule has 1 aromatic heterocycles. The van der Waals surface area contributed by atoms with Crippen LogP contribution in [0.2, 0.25) is 5.02 Å². The first-order chi connectivity index (χ1) is 10.7. The van der Waals surface area contributed by atoms with E-state index in [9.17, 15) is 4.79 Å². The van der Waals surface area contributed by atoms with Crippen molar-refractivity contribution >= 4 is 28.8 Å². The first kappa shape index (κ1) is 14.2. The molecule has 0 N–H and O–H groups in total. The maximum absolute atomic E-state index is 12.4. The summed E-state index contributed by atoms with van der Waals surface area (Å²) in [5, 5.41) is 2.60. The third-order valence-electron chi connectivity index (χ3n) is 4.56. The quantitative estimate of drug-likeness (QED) is 0.866. The molecule has 114 valence electrons. The molecule has 0 aliphatic carbocycles. The highest BCUT2D eigenvalue weighted by atomic mass is 35.5. The minimum Gasteiger partial charge on any atom is -0.335 e. The zero-order valence-electron chi connectivity index (χ0n) is 12.0. The van der Waals surface area contributed by atoms with Crippen LogP contribution in [-0.2, 0) is 6.54 Å². The van der Waals surface area contributed by atoms with Gasteiger partial charge in [0.2, 0.25) is 0 Å². The summed E-state index contributed by atoms with van der Waals surface area (Å²) >= 11 is 7.51. The molecule has 22 heavy (non-hydrogen) atoms. The molecule has 4 rings (SSSR count). The summed E-state index contributed by atoms with van der Waals surface area (Å²) < 4.78 is 0. The number of likely N-dealkylation sites (tertiary alicyclic amines) is 2. The number of rotatable bonds is 3. The molecule has 0 bridgehead atoms. The SMILES string of the molecule is O=C(c1cscn1)N1CC2CN(Cc3cccc(Cl)c3)C2C1. The van der Waals surface area contributed by atoms with Gasteiger partial charge < -0.3 is 4.90 Å². The third-order valence-corrected chi connectivity index (χ3v) is 5.38. The normalized spacial score (nSPS) is 24.1. The van der Waals surface area contributed by atoms with Crippen molar-refractivity contribution < 1.29 is 4.79 Å². The number of carbonyl (C=O) groups excluding carboxylic acids is 1. The Morgan fingerprint density at radius 2 is 2.27 bits per heavy atom. The van der Waals surface area contributed by atoms with E-state index in [1.54, 1.807) is 5.51 Å². The lowest BCUT2D eigenvalue weighted by Gasteiger charge is -2.43. The molecular formula is C16H16ClN3OS. The molecule has 4 nitrogen and oxygen atoms in total. The molecule has 2 unspecified atom stereocenters. The fourth-order valence-corrected chi connectivity index (χ4v) is 4.18. The number of carbonyl (C=O) groups is 1. The van der Waals surface area contributed by atoms with Crippen molar-refractivity contribution in [2.45, 2.75) is 12.6 Å². The lowest BCUT2D eigenvalue weighted by Crippen LogP contribution is -2.54. The molecule has 1 amide bonds. The number of aromatic nitrogens is 1. The summed E-state index contributed by atoms with van der Waals surface area (Å²) in [5.74, 6) is 0.667. The highest BCUT2D eigenvalue weighted by molar-refractivity contribution is 7.07. The zero-order chi connectivity index (χ0) is 15.1. The summed E-state index contributed by atoms with van der Waals surface area (Å²) in [5.41, 5.74) is 3.52. The lowest BCUT2D eigenvalue weighted by molar-refractivity contribution is 0.0433. The van der Waals surface area contributed by atoms with Crippen LogP contribution in [0.4, 0.5) is 0 Å². The predicted molar refractivity (Wildman–Crippen MR) is 87.2 cm³/mol. The van der Waals surface area contributed by atoms with Gasteiger partial charge in [0.1, 0.15) is 5.69 Å². The van der Waals surface area contributed by atoms with Gasteiger partial charge in [0.15, 0.2) is 0 Å². The van der Waals surface area contributed by atoms with Gasteiger partial charge in [-0.2, -0.15) is 0 Å². The number of benzene rings is 1. The average molecular weight is 334 g/mol. The Bertz CT molecular complexity index is 690. The Morgan fingerprint density at radius 3 is 3.05 bits per heavy atom. The van der Waals surface area contributed by atoms with Gasteiger partial charge >= 0.3 is 0 Å². The van der Waals surface area contributed by atoms with Crippen molar-refractivity contribution in [3.05, 3.63) is 51.4 Å². The molecule has 0 radical (unpaired) electrons. The standard InChI is InChI=1S/C16H16ClN3OS/c17-13-3-1-2-11(4-13)5-19-6-12-7-20(8-15(12)19)16(21)14-9-22-10-18-14/h1-4,9-10,12,15H,5-8H2. The Morgan fingerprint density at radius 1 is 1.36 bits per heavy atom. The van der Waals surface area contributed by atoms with E-state index in [2.05, 4.69) is 16.0 Å². The van der Waals surface area contributed by atoms with E-state index in [1.807, 2.05) is 28.5 Å². The molecule has 0 saturated carbocycles. The van der Waals surface area contributed by atoms with Crippen molar-refractivity contribution in [2.75, 3.05) is 19.6 Å². The summed E-state index contributed by atoms with van der Waals surface area (Å²) in [6, 6.07) is 8.48. The Kier molecular flexibility index (Phi) is 3.64. The lowest BCUT2D eigenvalue weighted by atomic mass is 9.91. The van der Waals surface area contributed by atoms with Crippen LogP contribution in [0.1, 0.15) is 16.1 Å². The van der Waals surface area contributed by atoms with Gasteiger partial charge in [-0.1, -0.05) is 23.7 Å². The number of hydrogen-bond donors (Lipinski definition) is 0. The molecule has 2 aromatic rings. The number of nitrogens with zero attached hydrogens (tertiary/aromatic N) is 3. The highest BCUT2D eigenvalue weighted by Gasteiger charge is 2.46. The first-order valence-electron chi connectivity index (χ1n) is 7.36. The Hall–Kier alpha value is -1.43. The largest absolute Gasteiger partial charge is 0.335 e. The summed E-state index contributed by atoms with van der Waals surface area (Å²) in [6.45, 7) is 3.62. The number of hydrogen-bond acceptors (Lipinski definition) is 4. The molecule has 6 heteroatoms. The first-order valence-corrected chi connectivity index (χ1v) is 8.69. The van der Waals surface area contributed by atoms with E-state index in [0.29, 0.717) is 17.7 Å². The Labute approximate surface area is 138 Å². The maximum atomic E-state index is 12.4. The van der Waals surface area contributed by atoms with Gasteiger partial charge in [-0.15, -0.1) is 11.3 Å². The van der Waals surface area contributed by atoms with Crippen molar-refractivity contribution in [3.63, 3.8) is 0 Å². The van der Waals surface area contributed by atoms with Crippen LogP contribution in [0.3, 0.4) is 0 Å². The smallest absolute Gasteiger partial charge is 0.273 e. The zero-order valence-corrected chi connectivity index (χ0v) is 13.6. The summed E-state index contributed by atoms with van der Waals surface area (Å²) in [6.07, 6.45) is 0. The van der Waals surface area contributed by atoms with E-state index in [0.717, 1.165) is 31.2 Å². The van der Waals surface area contributed by atoms with E-state index >= 15 is 0 Å². The van der Waals surface area contributed by atoms with Crippen LogP contribution in [0.5, 0.6) is 0 Å². The second kappa shape index (κ2) is 5.65. The van der Waals surface area contributed by atoms with Gasteiger partial charge in [0.25, 0.3) is 5.91 Å². The molecule has 2 saturated heterocycles. The number of fused-ring (bicyclic) bond motifs is 1. The monoisotopic (exact) mass is 333 g/mol. The molecule has 0 spiro atoms. The molecule has 1 aromatic carbocycles. The van der Waals surface area contributed by atoms with Crippen LogP contribution < -0.4 is 0 Å². The van der Waals surface area contributed by atoms with Crippen LogP contribution in [0, 0.1) is 5.92 Å². The van der Waals surface area contributed by atoms with E-state index in [-0.39, 0.29) is 5.91 Å². The maximum Gasteiger partial charge on any atom is 0.273 e. The fourth-order valence-electron chi connectivity index (χ4n) is 3.44. The van der Waals surface area contributed by atoms with Gasteiger partial charge in [-0.3, -0.25) is 9.69 Å². The highest BCUT2D eigenvalue weighted by Crippen LogP contribution is 2.34. The van der Waals surface area contributed by atoms with E-state index in [1.165, 1.54) is 16.9 Å². The van der Waals surface area contributed by atoms with Crippen molar-refractivity contribution in [3.8, 4) is 0 Å². The number of thiazole rings is 1. The van der Waals surface area contributed by atoms with Crippen molar-refractivity contribution in [1.82, 2.24) is 14.8 Å². The van der Waals surface area contributed by atoms with Gasteiger partial charge in [0, 0.05) is 48.5 Å².